The van der Waals surface area contributed by atoms with Crippen molar-refractivity contribution in [2.24, 2.45) is 0 Å². The van der Waals surface area contributed by atoms with E-state index in [1.165, 1.54) is 36.1 Å². The highest BCUT2D eigenvalue weighted by Crippen LogP contribution is 2.45. The van der Waals surface area contributed by atoms with E-state index in [2.05, 4.69) is 51.2 Å². The summed E-state index contributed by atoms with van der Waals surface area (Å²) >= 11 is 0. The molecule has 0 spiro atoms. The molecular formula is C24H26FN5O. The van der Waals surface area contributed by atoms with E-state index in [1.807, 2.05) is 7.05 Å². The van der Waals surface area contributed by atoms with Crippen molar-refractivity contribution in [3.8, 4) is 0 Å². The fourth-order valence-electron chi connectivity index (χ4n) is 4.66. The van der Waals surface area contributed by atoms with Crippen LogP contribution in [0.2, 0.25) is 0 Å². The summed E-state index contributed by atoms with van der Waals surface area (Å²) in [6, 6.07) is 13.3. The van der Waals surface area contributed by atoms with Gasteiger partial charge in [-0.15, -0.1) is 0 Å². The molecule has 31 heavy (non-hydrogen) atoms. The van der Waals surface area contributed by atoms with Crippen molar-refractivity contribution >= 4 is 11.0 Å². The van der Waals surface area contributed by atoms with Crippen molar-refractivity contribution in [1.82, 2.24) is 25.0 Å². The van der Waals surface area contributed by atoms with Crippen LogP contribution in [0.5, 0.6) is 0 Å². The molecule has 0 atom stereocenters. The number of hydrogen-bond acceptors (Lipinski definition) is 5. The average Bonchev–Trinajstić information content (AvgIpc) is 3.48. The molecule has 6 nitrogen and oxygen atoms in total. The number of imidazole rings is 1. The van der Waals surface area contributed by atoms with Gasteiger partial charge >= 0.3 is 0 Å². The van der Waals surface area contributed by atoms with Gasteiger partial charge in [0.05, 0.1) is 29.5 Å². The summed E-state index contributed by atoms with van der Waals surface area (Å²) in [4.78, 5) is 14.6. The van der Waals surface area contributed by atoms with Gasteiger partial charge in [-0.1, -0.05) is 47.8 Å². The zero-order valence-electron chi connectivity index (χ0n) is 17.9. The standard InChI is InChI=1S/C24H26FN5O/c1-16-5-7-17(8-6-16)24(11-3-4-12-24)23-28-22(31-29-23)15-30(2)14-21-26-19-10-9-18(25)13-20(19)27-21/h5-10,13H,3-4,11-12,14-15H2,1-2H3,(H,26,27). The molecule has 2 aromatic heterocycles. The lowest BCUT2D eigenvalue weighted by Crippen LogP contribution is -2.25. The lowest BCUT2D eigenvalue weighted by atomic mass is 9.78. The predicted octanol–water partition coefficient (Wildman–Crippen LogP) is 4.89. The lowest BCUT2D eigenvalue weighted by molar-refractivity contribution is 0.255. The SMILES string of the molecule is Cc1ccc(C2(c3noc(CN(C)Cc4nc5ccc(F)cc5[nH]4)n3)CCCC2)cc1. The van der Waals surface area contributed by atoms with E-state index in [4.69, 9.17) is 9.51 Å². The van der Waals surface area contributed by atoms with Crippen molar-refractivity contribution in [3.05, 3.63) is 76.9 Å². The highest BCUT2D eigenvalue weighted by molar-refractivity contribution is 5.74. The van der Waals surface area contributed by atoms with Crippen molar-refractivity contribution in [2.45, 2.75) is 51.1 Å². The van der Waals surface area contributed by atoms with Crippen LogP contribution in [0.4, 0.5) is 4.39 Å². The Kier molecular flexibility index (Phi) is 5.06. The molecule has 5 rings (SSSR count). The maximum Gasteiger partial charge on any atom is 0.240 e. The summed E-state index contributed by atoms with van der Waals surface area (Å²) in [6.45, 7) is 3.19. The zero-order valence-corrected chi connectivity index (χ0v) is 17.9. The first-order chi connectivity index (χ1) is 15.0. The molecule has 1 N–H and O–H groups in total. The highest BCUT2D eigenvalue weighted by Gasteiger charge is 2.41. The van der Waals surface area contributed by atoms with E-state index in [0.29, 0.717) is 24.5 Å². The smallest absolute Gasteiger partial charge is 0.240 e. The minimum Gasteiger partial charge on any atom is -0.341 e. The van der Waals surface area contributed by atoms with Crippen LogP contribution in [0.1, 0.15) is 54.3 Å². The fourth-order valence-corrected chi connectivity index (χ4v) is 4.66. The topological polar surface area (TPSA) is 70.8 Å². The fraction of sp³-hybridized carbons (Fsp3) is 0.375. The number of aromatic amines is 1. The van der Waals surface area contributed by atoms with Gasteiger partial charge in [0.1, 0.15) is 11.6 Å². The zero-order chi connectivity index (χ0) is 21.4. The minimum absolute atomic E-state index is 0.156. The number of hydrogen-bond donors (Lipinski definition) is 1. The number of H-pyrrole nitrogens is 1. The Labute approximate surface area is 180 Å². The summed E-state index contributed by atoms with van der Waals surface area (Å²) in [7, 11) is 1.98. The number of nitrogens with one attached hydrogen (secondary N) is 1. The Bertz CT molecular complexity index is 1190. The normalized spacial score (nSPS) is 15.9. The van der Waals surface area contributed by atoms with E-state index >= 15 is 0 Å². The Balaban J connectivity index is 1.32. The van der Waals surface area contributed by atoms with E-state index in [-0.39, 0.29) is 11.2 Å². The number of aromatic nitrogens is 4. The quantitative estimate of drug-likeness (QED) is 0.482. The van der Waals surface area contributed by atoms with Crippen LogP contribution in [-0.2, 0) is 18.5 Å². The third kappa shape index (κ3) is 3.85. The van der Waals surface area contributed by atoms with Gasteiger partial charge in [-0.2, -0.15) is 4.98 Å². The second-order valence-corrected chi connectivity index (χ2v) is 8.68. The summed E-state index contributed by atoms with van der Waals surface area (Å²) < 4.78 is 19.1. The molecular weight excluding hydrogens is 393 g/mol. The first kappa shape index (κ1) is 19.9. The second-order valence-electron chi connectivity index (χ2n) is 8.68. The molecule has 0 saturated heterocycles. The maximum absolute atomic E-state index is 13.4. The number of halogens is 1. The van der Waals surface area contributed by atoms with Crippen molar-refractivity contribution < 1.29 is 8.91 Å². The molecule has 0 unspecified atom stereocenters. The first-order valence-corrected chi connectivity index (χ1v) is 10.7. The Morgan fingerprint density at radius 2 is 1.84 bits per heavy atom. The van der Waals surface area contributed by atoms with Crippen LogP contribution in [-0.4, -0.2) is 32.1 Å². The van der Waals surface area contributed by atoms with E-state index < -0.39 is 0 Å². The molecule has 160 valence electrons. The van der Waals surface area contributed by atoms with Crippen molar-refractivity contribution in [2.75, 3.05) is 7.05 Å². The summed E-state index contributed by atoms with van der Waals surface area (Å²) in [6.07, 6.45) is 4.43. The molecule has 0 radical (unpaired) electrons. The Morgan fingerprint density at radius 3 is 2.61 bits per heavy atom. The largest absolute Gasteiger partial charge is 0.341 e. The Morgan fingerprint density at radius 1 is 1.06 bits per heavy atom. The van der Waals surface area contributed by atoms with Gasteiger partial charge in [0.15, 0.2) is 5.82 Å². The second kappa shape index (κ2) is 7.89. The van der Waals surface area contributed by atoms with Gasteiger partial charge in [-0.3, -0.25) is 4.90 Å². The molecule has 4 aromatic rings. The minimum atomic E-state index is -0.274. The number of benzene rings is 2. The maximum atomic E-state index is 13.4. The highest BCUT2D eigenvalue weighted by atomic mass is 19.1. The molecule has 0 aliphatic heterocycles. The molecule has 1 fully saturated rings. The van der Waals surface area contributed by atoms with Crippen LogP contribution in [0, 0.1) is 12.7 Å². The number of fused-ring (bicyclic) bond motifs is 1. The van der Waals surface area contributed by atoms with E-state index in [1.54, 1.807) is 6.07 Å². The van der Waals surface area contributed by atoms with Crippen molar-refractivity contribution in [3.63, 3.8) is 0 Å². The van der Waals surface area contributed by atoms with Crippen LogP contribution in [0.15, 0.2) is 47.0 Å². The molecule has 7 heteroatoms. The van der Waals surface area contributed by atoms with Gasteiger partial charge in [0, 0.05) is 0 Å². The van der Waals surface area contributed by atoms with Gasteiger partial charge in [-0.05, 0) is 50.6 Å². The molecule has 2 aromatic carbocycles. The third-order valence-electron chi connectivity index (χ3n) is 6.28. The summed E-state index contributed by atoms with van der Waals surface area (Å²) in [5, 5.41) is 4.40. The first-order valence-electron chi connectivity index (χ1n) is 10.7. The third-order valence-corrected chi connectivity index (χ3v) is 6.28. The summed E-state index contributed by atoms with van der Waals surface area (Å²) in [5.74, 6) is 1.88. The lowest BCUT2D eigenvalue weighted by Gasteiger charge is -2.26. The molecule has 1 aliphatic rings. The van der Waals surface area contributed by atoms with Gasteiger partial charge in [0.2, 0.25) is 5.89 Å². The van der Waals surface area contributed by atoms with Crippen LogP contribution < -0.4 is 0 Å². The predicted molar refractivity (Wildman–Crippen MR) is 116 cm³/mol. The molecule has 1 saturated carbocycles. The van der Waals surface area contributed by atoms with Gasteiger partial charge < -0.3 is 9.51 Å². The van der Waals surface area contributed by atoms with Gasteiger partial charge in [0.25, 0.3) is 0 Å². The number of aryl methyl sites for hydroxylation is 1. The van der Waals surface area contributed by atoms with Crippen molar-refractivity contribution in [1.29, 1.82) is 0 Å². The Hall–Kier alpha value is -3.06. The number of rotatable bonds is 6. The van der Waals surface area contributed by atoms with Crippen LogP contribution >= 0.6 is 0 Å². The molecule has 0 amide bonds. The van der Waals surface area contributed by atoms with Gasteiger partial charge in [-0.25, -0.2) is 9.37 Å². The molecule has 0 bridgehead atoms. The van der Waals surface area contributed by atoms with Crippen LogP contribution in [0.25, 0.3) is 11.0 Å². The summed E-state index contributed by atoms with van der Waals surface area (Å²) in [5.41, 5.74) is 3.82. The average molecular weight is 420 g/mol. The van der Waals surface area contributed by atoms with E-state index in [9.17, 15) is 4.39 Å². The van der Waals surface area contributed by atoms with E-state index in [0.717, 1.165) is 30.0 Å². The van der Waals surface area contributed by atoms with Crippen LogP contribution in [0.3, 0.4) is 0 Å². The molecule has 1 aliphatic carbocycles. The monoisotopic (exact) mass is 419 g/mol. The number of nitrogens with zero attached hydrogens (tertiary/aromatic N) is 4. The molecule has 2 heterocycles.